The van der Waals surface area contributed by atoms with E-state index in [2.05, 4.69) is 22.7 Å². The van der Waals surface area contributed by atoms with Crippen molar-refractivity contribution in [2.24, 2.45) is 5.10 Å². The summed E-state index contributed by atoms with van der Waals surface area (Å²) in [5, 5.41) is 4.10. The molecule has 0 saturated heterocycles. The Labute approximate surface area is 153 Å². The van der Waals surface area contributed by atoms with Gasteiger partial charge in [-0.25, -0.2) is 5.43 Å². The van der Waals surface area contributed by atoms with Crippen molar-refractivity contribution >= 4 is 11.6 Å². The van der Waals surface area contributed by atoms with Crippen molar-refractivity contribution in [1.29, 1.82) is 0 Å². The first-order valence-electron chi connectivity index (χ1n) is 8.39. The summed E-state index contributed by atoms with van der Waals surface area (Å²) in [6.45, 7) is 1.76. The van der Waals surface area contributed by atoms with Crippen molar-refractivity contribution in [1.82, 2.24) is 5.43 Å². The smallest absolute Gasteiger partial charge is 0.277 e. The van der Waals surface area contributed by atoms with Crippen molar-refractivity contribution < 1.29 is 9.53 Å². The highest BCUT2D eigenvalue weighted by molar-refractivity contribution is 5.99. The maximum Gasteiger partial charge on any atom is 0.277 e. The molecule has 3 rings (SSSR count). The molecule has 3 aromatic rings. The molecule has 0 unspecified atom stereocenters. The molecule has 0 spiro atoms. The van der Waals surface area contributed by atoms with E-state index in [0.29, 0.717) is 5.75 Å². The SMILES string of the molecule is CC(=NNC(=O)COc1ccc(-c2ccccc2)cc1)c1ccccc1. The summed E-state index contributed by atoms with van der Waals surface area (Å²) >= 11 is 0. The van der Waals surface area contributed by atoms with E-state index in [0.717, 1.165) is 22.4 Å². The molecule has 0 radical (unpaired) electrons. The van der Waals surface area contributed by atoms with Crippen LogP contribution in [0.2, 0.25) is 0 Å². The van der Waals surface area contributed by atoms with E-state index >= 15 is 0 Å². The minimum Gasteiger partial charge on any atom is -0.484 e. The molecule has 130 valence electrons. The van der Waals surface area contributed by atoms with E-state index in [4.69, 9.17) is 4.74 Å². The summed E-state index contributed by atoms with van der Waals surface area (Å²) in [7, 11) is 0. The summed E-state index contributed by atoms with van der Waals surface area (Å²) in [6.07, 6.45) is 0. The molecular formula is C22H20N2O2. The van der Waals surface area contributed by atoms with Crippen molar-refractivity contribution in [2.75, 3.05) is 6.61 Å². The fourth-order valence-electron chi connectivity index (χ4n) is 2.45. The average molecular weight is 344 g/mol. The molecule has 0 saturated carbocycles. The average Bonchev–Trinajstić information content (AvgIpc) is 2.72. The Kier molecular flexibility index (Phi) is 5.78. The van der Waals surface area contributed by atoms with E-state index < -0.39 is 0 Å². The maximum absolute atomic E-state index is 11.9. The van der Waals surface area contributed by atoms with E-state index in [1.165, 1.54) is 0 Å². The number of carbonyl (C=O) groups excluding carboxylic acids is 1. The van der Waals surface area contributed by atoms with Crippen LogP contribution in [0.5, 0.6) is 5.75 Å². The fourth-order valence-corrected chi connectivity index (χ4v) is 2.45. The Bertz CT molecular complexity index is 873. The fraction of sp³-hybridized carbons (Fsp3) is 0.0909. The molecule has 0 aliphatic carbocycles. The van der Waals surface area contributed by atoms with Crippen LogP contribution in [0.25, 0.3) is 11.1 Å². The van der Waals surface area contributed by atoms with E-state index in [9.17, 15) is 4.79 Å². The molecule has 4 nitrogen and oxygen atoms in total. The van der Waals surface area contributed by atoms with Crippen LogP contribution in [0.3, 0.4) is 0 Å². The van der Waals surface area contributed by atoms with E-state index in [-0.39, 0.29) is 12.5 Å². The lowest BCUT2D eigenvalue weighted by atomic mass is 10.1. The second kappa shape index (κ2) is 8.62. The first-order valence-corrected chi connectivity index (χ1v) is 8.39. The van der Waals surface area contributed by atoms with Gasteiger partial charge in [0.2, 0.25) is 0 Å². The highest BCUT2D eigenvalue weighted by Gasteiger charge is 2.03. The van der Waals surface area contributed by atoms with Gasteiger partial charge in [-0.2, -0.15) is 5.10 Å². The molecule has 0 atom stereocenters. The Balaban J connectivity index is 1.52. The zero-order valence-corrected chi connectivity index (χ0v) is 14.6. The Morgan fingerprint density at radius 2 is 1.42 bits per heavy atom. The molecule has 0 aliphatic heterocycles. The molecule has 0 aliphatic rings. The topological polar surface area (TPSA) is 50.7 Å². The van der Waals surface area contributed by atoms with Gasteiger partial charge in [-0.3, -0.25) is 4.79 Å². The van der Waals surface area contributed by atoms with E-state index in [1.807, 2.05) is 79.7 Å². The van der Waals surface area contributed by atoms with Gasteiger partial charge in [0.05, 0.1) is 5.71 Å². The second-order valence-corrected chi connectivity index (χ2v) is 5.78. The molecule has 4 heteroatoms. The Morgan fingerprint density at radius 3 is 2.08 bits per heavy atom. The number of hydrazone groups is 1. The van der Waals surface area contributed by atoms with Crippen molar-refractivity contribution in [2.45, 2.75) is 6.92 Å². The van der Waals surface area contributed by atoms with Crippen LogP contribution >= 0.6 is 0 Å². The van der Waals surface area contributed by atoms with Crippen molar-refractivity contribution in [3.8, 4) is 16.9 Å². The number of carbonyl (C=O) groups is 1. The molecule has 1 amide bonds. The van der Waals surface area contributed by atoms with Gasteiger partial charge >= 0.3 is 0 Å². The predicted octanol–water partition coefficient (Wildman–Crippen LogP) is 4.27. The number of hydrogen-bond donors (Lipinski definition) is 1. The summed E-state index contributed by atoms with van der Waals surface area (Å²) in [5.41, 5.74) is 6.46. The van der Waals surface area contributed by atoms with Crippen molar-refractivity contribution in [3.63, 3.8) is 0 Å². The minimum atomic E-state index is -0.299. The Morgan fingerprint density at radius 1 is 0.846 bits per heavy atom. The monoisotopic (exact) mass is 344 g/mol. The van der Waals surface area contributed by atoms with Gasteiger partial charge in [-0.05, 0) is 35.7 Å². The number of nitrogens with zero attached hydrogens (tertiary/aromatic N) is 1. The number of amides is 1. The van der Waals surface area contributed by atoms with Crippen LogP contribution in [0.1, 0.15) is 12.5 Å². The summed E-state index contributed by atoms with van der Waals surface area (Å²) < 4.78 is 5.52. The Hall–Kier alpha value is -3.40. The van der Waals surface area contributed by atoms with Gasteiger partial charge in [0.25, 0.3) is 5.91 Å². The molecular weight excluding hydrogens is 324 g/mol. The summed E-state index contributed by atoms with van der Waals surface area (Å²) in [6, 6.07) is 27.4. The van der Waals surface area contributed by atoms with Gasteiger partial charge in [0.1, 0.15) is 5.75 Å². The first kappa shape index (κ1) is 17.4. The van der Waals surface area contributed by atoms with Gasteiger partial charge in [-0.1, -0.05) is 72.8 Å². The van der Waals surface area contributed by atoms with Crippen LogP contribution in [0.15, 0.2) is 90.0 Å². The quantitative estimate of drug-likeness (QED) is 0.536. The number of hydrogen-bond acceptors (Lipinski definition) is 3. The third kappa shape index (κ3) is 4.80. The lowest BCUT2D eigenvalue weighted by Gasteiger charge is -2.07. The van der Waals surface area contributed by atoms with Crippen LogP contribution < -0.4 is 10.2 Å². The number of benzene rings is 3. The predicted molar refractivity (Wildman–Crippen MR) is 104 cm³/mol. The molecule has 0 heterocycles. The molecule has 0 fully saturated rings. The van der Waals surface area contributed by atoms with Gasteiger partial charge in [0, 0.05) is 0 Å². The van der Waals surface area contributed by atoms with Gasteiger partial charge in [-0.15, -0.1) is 0 Å². The molecule has 1 N–H and O–H groups in total. The molecule has 0 bridgehead atoms. The normalized spacial score (nSPS) is 11.0. The van der Waals surface area contributed by atoms with Crippen LogP contribution in [0.4, 0.5) is 0 Å². The van der Waals surface area contributed by atoms with Gasteiger partial charge < -0.3 is 4.74 Å². The largest absolute Gasteiger partial charge is 0.484 e. The minimum absolute atomic E-state index is 0.0871. The molecule has 26 heavy (non-hydrogen) atoms. The highest BCUT2D eigenvalue weighted by Crippen LogP contribution is 2.21. The van der Waals surface area contributed by atoms with Crippen LogP contribution in [-0.4, -0.2) is 18.2 Å². The number of ether oxygens (including phenoxy) is 1. The van der Waals surface area contributed by atoms with Crippen molar-refractivity contribution in [3.05, 3.63) is 90.5 Å². The van der Waals surface area contributed by atoms with Crippen LogP contribution in [-0.2, 0) is 4.79 Å². The molecule has 3 aromatic carbocycles. The first-order chi connectivity index (χ1) is 12.7. The lowest BCUT2D eigenvalue weighted by Crippen LogP contribution is -2.25. The lowest BCUT2D eigenvalue weighted by molar-refractivity contribution is -0.123. The molecule has 0 aromatic heterocycles. The highest BCUT2D eigenvalue weighted by atomic mass is 16.5. The second-order valence-electron chi connectivity index (χ2n) is 5.78. The third-order valence-corrected chi connectivity index (χ3v) is 3.87. The number of rotatable bonds is 6. The standard InChI is InChI=1S/C22H20N2O2/c1-17(18-8-4-2-5-9-18)23-24-22(25)16-26-21-14-12-20(13-15-21)19-10-6-3-7-11-19/h2-15H,16H2,1H3,(H,24,25). The van der Waals surface area contributed by atoms with Crippen LogP contribution in [0, 0.1) is 0 Å². The zero-order valence-electron chi connectivity index (χ0n) is 14.6. The summed E-state index contributed by atoms with van der Waals surface area (Å²) in [4.78, 5) is 11.9. The van der Waals surface area contributed by atoms with E-state index in [1.54, 1.807) is 0 Å². The number of nitrogens with one attached hydrogen (secondary N) is 1. The third-order valence-electron chi connectivity index (χ3n) is 3.87. The van der Waals surface area contributed by atoms with Gasteiger partial charge in [0.15, 0.2) is 6.61 Å². The maximum atomic E-state index is 11.9. The summed E-state index contributed by atoms with van der Waals surface area (Å²) in [5.74, 6) is 0.344. The zero-order chi connectivity index (χ0) is 18.2.